The normalized spacial score (nSPS) is 10.5. The van der Waals surface area contributed by atoms with Crippen molar-refractivity contribution in [3.8, 4) is 0 Å². The van der Waals surface area contributed by atoms with E-state index in [1.165, 1.54) is 0 Å². The van der Waals surface area contributed by atoms with Crippen LogP contribution in [0.15, 0.2) is 58.2 Å². The number of hydrogen-bond acceptors (Lipinski definition) is 5. The number of rotatable bonds is 5. The van der Waals surface area contributed by atoms with Crippen LogP contribution in [0.1, 0.15) is 27.5 Å². The standard InChI is InChI=1S/C17H16N4O3/c1-12-8-15(20-17(23)19-12)16(22)21(11-14-5-3-7-24-14)10-13-4-2-6-18-9-13/h2-9H,10-11H2,1H3,(H,19,20,23). The fraction of sp³-hybridized carbons (Fsp3) is 0.176. The van der Waals surface area contributed by atoms with Crippen molar-refractivity contribution < 1.29 is 9.21 Å². The third-order valence-electron chi connectivity index (χ3n) is 3.41. The molecule has 0 aliphatic carbocycles. The van der Waals surface area contributed by atoms with E-state index in [9.17, 15) is 9.59 Å². The number of H-pyrrole nitrogens is 1. The fourth-order valence-electron chi connectivity index (χ4n) is 2.35. The molecule has 0 saturated carbocycles. The third kappa shape index (κ3) is 3.75. The summed E-state index contributed by atoms with van der Waals surface area (Å²) in [6.07, 6.45) is 4.92. The lowest BCUT2D eigenvalue weighted by molar-refractivity contribution is 0.0711. The Balaban J connectivity index is 1.90. The maximum atomic E-state index is 12.8. The molecule has 1 N–H and O–H groups in total. The first-order chi connectivity index (χ1) is 11.6. The van der Waals surface area contributed by atoms with E-state index < -0.39 is 5.69 Å². The van der Waals surface area contributed by atoms with Crippen LogP contribution in [0.3, 0.4) is 0 Å². The Morgan fingerprint density at radius 2 is 2.17 bits per heavy atom. The zero-order chi connectivity index (χ0) is 16.9. The molecular formula is C17H16N4O3. The van der Waals surface area contributed by atoms with Crippen molar-refractivity contribution >= 4 is 5.91 Å². The van der Waals surface area contributed by atoms with E-state index in [1.807, 2.05) is 6.07 Å². The van der Waals surface area contributed by atoms with Gasteiger partial charge in [0.2, 0.25) is 0 Å². The van der Waals surface area contributed by atoms with Crippen molar-refractivity contribution in [1.29, 1.82) is 0 Å². The highest BCUT2D eigenvalue weighted by Gasteiger charge is 2.20. The maximum absolute atomic E-state index is 12.8. The summed E-state index contributed by atoms with van der Waals surface area (Å²) < 4.78 is 5.34. The summed E-state index contributed by atoms with van der Waals surface area (Å²) >= 11 is 0. The van der Waals surface area contributed by atoms with E-state index in [0.717, 1.165) is 5.56 Å². The molecule has 3 aromatic heterocycles. The zero-order valence-electron chi connectivity index (χ0n) is 13.1. The van der Waals surface area contributed by atoms with Gasteiger partial charge in [0.15, 0.2) is 0 Å². The van der Waals surface area contributed by atoms with Crippen LogP contribution in [0, 0.1) is 6.92 Å². The second-order valence-corrected chi connectivity index (χ2v) is 5.36. The molecule has 7 nitrogen and oxygen atoms in total. The number of nitrogens with zero attached hydrogens (tertiary/aromatic N) is 3. The number of aromatic nitrogens is 3. The minimum Gasteiger partial charge on any atom is -0.467 e. The summed E-state index contributed by atoms with van der Waals surface area (Å²) in [5.74, 6) is 0.304. The van der Waals surface area contributed by atoms with Crippen LogP contribution in [0.25, 0.3) is 0 Å². The molecule has 3 rings (SSSR count). The molecule has 24 heavy (non-hydrogen) atoms. The Morgan fingerprint density at radius 1 is 1.29 bits per heavy atom. The topological polar surface area (TPSA) is 92.1 Å². The molecule has 0 aliphatic rings. The first-order valence-corrected chi connectivity index (χ1v) is 7.40. The minimum absolute atomic E-state index is 0.103. The highest BCUT2D eigenvalue weighted by molar-refractivity contribution is 5.92. The molecule has 0 fully saturated rings. The highest BCUT2D eigenvalue weighted by Crippen LogP contribution is 2.13. The van der Waals surface area contributed by atoms with Gasteiger partial charge in [0, 0.05) is 24.6 Å². The summed E-state index contributed by atoms with van der Waals surface area (Å²) in [4.78, 5) is 36.3. The van der Waals surface area contributed by atoms with Crippen molar-refractivity contribution in [2.75, 3.05) is 0 Å². The number of aromatic amines is 1. The van der Waals surface area contributed by atoms with Gasteiger partial charge in [0.05, 0.1) is 12.8 Å². The van der Waals surface area contributed by atoms with Gasteiger partial charge in [-0.15, -0.1) is 0 Å². The Hall–Kier alpha value is -3.22. The number of hydrogen-bond donors (Lipinski definition) is 1. The summed E-state index contributed by atoms with van der Waals surface area (Å²) in [6.45, 7) is 2.31. The Labute approximate surface area is 138 Å². The number of aryl methyl sites for hydroxylation is 1. The van der Waals surface area contributed by atoms with Crippen molar-refractivity contribution in [2.24, 2.45) is 0 Å². The van der Waals surface area contributed by atoms with Crippen LogP contribution < -0.4 is 5.69 Å². The van der Waals surface area contributed by atoms with Gasteiger partial charge in [-0.1, -0.05) is 6.07 Å². The van der Waals surface area contributed by atoms with Gasteiger partial charge in [-0.3, -0.25) is 9.78 Å². The molecule has 0 unspecified atom stereocenters. The molecule has 7 heteroatoms. The second kappa shape index (κ2) is 6.91. The largest absolute Gasteiger partial charge is 0.467 e. The number of pyridine rings is 1. The first-order valence-electron chi connectivity index (χ1n) is 7.40. The van der Waals surface area contributed by atoms with Gasteiger partial charge in [-0.2, -0.15) is 4.98 Å². The minimum atomic E-state index is -0.544. The molecule has 122 valence electrons. The Morgan fingerprint density at radius 3 is 2.83 bits per heavy atom. The lowest BCUT2D eigenvalue weighted by Crippen LogP contribution is -2.32. The van der Waals surface area contributed by atoms with Gasteiger partial charge in [-0.05, 0) is 36.8 Å². The molecule has 0 aliphatic heterocycles. The molecule has 0 spiro atoms. The SMILES string of the molecule is Cc1cc(C(=O)N(Cc2cccnc2)Cc2ccco2)nc(=O)[nH]1. The van der Waals surface area contributed by atoms with Gasteiger partial charge in [0.1, 0.15) is 11.5 Å². The fourth-order valence-corrected chi connectivity index (χ4v) is 2.35. The number of carbonyl (C=O) groups is 1. The van der Waals surface area contributed by atoms with Crippen molar-refractivity contribution in [3.05, 3.63) is 82.2 Å². The van der Waals surface area contributed by atoms with Crippen LogP contribution in [0.4, 0.5) is 0 Å². The predicted octanol–water partition coefficient (Wildman–Crippen LogP) is 1.91. The Kier molecular flexibility index (Phi) is 4.51. The van der Waals surface area contributed by atoms with E-state index >= 15 is 0 Å². The van der Waals surface area contributed by atoms with E-state index in [4.69, 9.17) is 4.42 Å². The van der Waals surface area contributed by atoms with E-state index in [2.05, 4.69) is 15.0 Å². The molecule has 0 bridgehead atoms. The predicted molar refractivity (Wildman–Crippen MR) is 86.1 cm³/mol. The lowest BCUT2D eigenvalue weighted by Gasteiger charge is -2.21. The van der Waals surface area contributed by atoms with Crippen LogP contribution in [-0.2, 0) is 13.1 Å². The monoisotopic (exact) mass is 324 g/mol. The average molecular weight is 324 g/mol. The average Bonchev–Trinajstić information content (AvgIpc) is 3.07. The van der Waals surface area contributed by atoms with Gasteiger partial charge in [0.25, 0.3) is 5.91 Å². The maximum Gasteiger partial charge on any atom is 0.345 e. The van der Waals surface area contributed by atoms with E-state index in [-0.39, 0.29) is 18.1 Å². The van der Waals surface area contributed by atoms with Crippen LogP contribution in [-0.4, -0.2) is 25.8 Å². The summed E-state index contributed by atoms with van der Waals surface area (Å²) in [5.41, 5.74) is 1.01. The molecule has 0 atom stereocenters. The first kappa shape index (κ1) is 15.7. The van der Waals surface area contributed by atoms with Crippen molar-refractivity contribution in [3.63, 3.8) is 0 Å². The van der Waals surface area contributed by atoms with Crippen LogP contribution in [0.2, 0.25) is 0 Å². The number of nitrogens with one attached hydrogen (secondary N) is 1. The zero-order valence-corrected chi connectivity index (χ0v) is 13.1. The lowest BCUT2D eigenvalue weighted by atomic mass is 10.2. The third-order valence-corrected chi connectivity index (χ3v) is 3.41. The molecular weight excluding hydrogens is 308 g/mol. The van der Waals surface area contributed by atoms with Gasteiger partial charge < -0.3 is 14.3 Å². The second-order valence-electron chi connectivity index (χ2n) is 5.36. The van der Waals surface area contributed by atoms with Crippen LogP contribution >= 0.6 is 0 Å². The van der Waals surface area contributed by atoms with Gasteiger partial charge in [-0.25, -0.2) is 4.79 Å². The molecule has 0 aromatic carbocycles. The molecule has 0 saturated heterocycles. The number of carbonyl (C=O) groups excluding carboxylic acids is 1. The summed E-state index contributed by atoms with van der Waals surface area (Å²) in [6, 6.07) is 8.80. The Bertz CT molecular complexity index is 872. The molecule has 3 heterocycles. The quantitative estimate of drug-likeness (QED) is 0.774. The molecule has 0 radical (unpaired) electrons. The molecule has 1 amide bonds. The smallest absolute Gasteiger partial charge is 0.345 e. The van der Waals surface area contributed by atoms with E-state index in [0.29, 0.717) is 18.0 Å². The van der Waals surface area contributed by atoms with Crippen LogP contribution in [0.5, 0.6) is 0 Å². The summed E-state index contributed by atoms with van der Waals surface area (Å²) in [5, 5.41) is 0. The van der Waals surface area contributed by atoms with Crippen molar-refractivity contribution in [2.45, 2.75) is 20.0 Å². The number of amides is 1. The van der Waals surface area contributed by atoms with Crippen molar-refractivity contribution in [1.82, 2.24) is 19.9 Å². The number of furan rings is 1. The highest BCUT2D eigenvalue weighted by atomic mass is 16.3. The van der Waals surface area contributed by atoms with Gasteiger partial charge >= 0.3 is 5.69 Å². The van der Waals surface area contributed by atoms with E-state index in [1.54, 1.807) is 54.7 Å². The summed E-state index contributed by atoms with van der Waals surface area (Å²) in [7, 11) is 0. The molecule has 3 aromatic rings.